The van der Waals surface area contributed by atoms with Crippen molar-refractivity contribution in [1.82, 2.24) is 20.0 Å². The van der Waals surface area contributed by atoms with E-state index in [9.17, 15) is 9.18 Å². The molecule has 0 atom stereocenters. The molecule has 0 saturated carbocycles. The first-order valence-electron chi connectivity index (χ1n) is 9.40. The second kappa shape index (κ2) is 8.00. The third-order valence-corrected chi connectivity index (χ3v) is 6.74. The van der Waals surface area contributed by atoms with Crippen molar-refractivity contribution in [1.29, 1.82) is 0 Å². The topological polar surface area (TPSA) is 72.7 Å². The van der Waals surface area contributed by atoms with Crippen LogP contribution in [0.15, 0.2) is 63.3 Å². The highest BCUT2D eigenvalue weighted by atomic mass is 32.2. The van der Waals surface area contributed by atoms with E-state index in [0.717, 1.165) is 45.4 Å². The van der Waals surface area contributed by atoms with Crippen LogP contribution in [0.25, 0.3) is 5.69 Å². The third kappa shape index (κ3) is 3.61. The summed E-state index contributed by atoms with van der Waals surface area (Å²) in [6, 6.07) is 13.7. The minimum atomic E-state index is -0.301. The number of benzene rings is 2. The maximum atomic E-state index is 13.3. The van der Waals surface area contributed by atoms with Crippen molar-refractivity contribution in [2.24, 2.45) is 0 Å². The van der Waals surface area contributed by atoms with Crippen LogP contribution in [-0.2, 0) is 12.8 Å². The van der Waals surface area contributed by atoms with Gasteiger partial charge >= 0.3 is 0 Å². The molecular weight excluding hydrogens is 421 g/mol. The number of para-hydroxylation sites is 1. The summed E-state index contributed by atoms with van der Waals surface area (Å²) in [5.41, 5.74) is 5.53. The number of hydrogen-bond donors (Lipinski definition) is 1. The average molecular weight is 438 g/mol. The molecule has 0 saturated heterocycles. The van der Waals surface area contributed by atoms with Gasteiger partial charge in [-0.25, -0.2) is 9.07 Å². The molecule has 0 unspecified atom stereocenters. The normalized spacial score (nSPS) is 12.7. The summed E-state index contributed by atoms with van der Waals surface area (Å²) in [4.78, 5) is 14.0. The van der Waals surface area contributed by atoms with Gasteiger partial charge in [-0.3, -0.25) is 4.79 Å². The van der Waals surface area contributed by atoms with Crippen molar-refractivity contribution in [2.75, 3.05) is 5.32 Å². The highest BCUT2D eigenvalue weighted by molar-refractivity contribution is 8.01. The van der Waals surface area contributed by atoms with Gasteiger partial charge in [0, 0.05) is 16.2 Å². The summed E-state index contributed by atoms with van der Waals surface area (Å²) in [6.07, 6.45) is 2.62. The molecule has 2 aromatic carbocycles. The van der Waals surface area contributed by atoms with Crippen molar-refractivity contribution in [3.63, 3.8) is 0 Å². The lowest BCUT2D eigenvalue weighted by Gasteiger charge is -2.09. The lowest BCUT2D eigenvalue weighted by Crippen LogP contribution is -2.15. The molecule has 0 radical (unpaired) electrons. The van der Waals surface area contributed by atoms with Crippen molar-refractivity contribution in [2.45, 2.75) is 28.5 Å². The summed E-state index contributed by atoms with van der Waals surface area (Å²) < 4.78 is 15.9. The minimum absolute atomic E-state index is 0.251. The Morgan fingerprint density at radius 3 is 2.77 bits per heavy atom. The van der Waals surface area contributed by atoms with Crippen molar-refractivity contribution < 1.29 is 9.18 Å². The summed E-state index contributed by atoms with van der Waals surface area (Å²) >= 11 is 2.90. The molecule has 0 bridgehead atoms. The van der Waals surface area contributed by atoms with Crippen molar-refractivity contribution in [3.8, 4) is 5.69 Å². The van der Waals surface area contributed by atoms with Crippen LogP contribution >= 0.6 is 23.1 Å². The molecule has 1 aliphatic carbocycles. The summed E-state index contributed by atoms with van der Waals surface area (Å²) in [6.45, 7) is 0. The molecule has 1 N–H and O–H groups in total. The van der Waals surface area contributed by atoms with E-state index in [4.69, 9.17) is 0 Å². The van der Waals surface area contributed by atoms with E-state index in [0.29, 0.717) is 11.4 Å². The zero-order valence-corrected chi connectivity index (χ0v) is 17.3. The van der Waals surface area contributed by atoms with Crippen molar-refractivity contribution in [3.05, 3.63) is 76.8 Å². The van der Waals surface area contributed by atoms with Crippen LogP contribution in [0.2, 0.25) is 0 Å². The smallest absolute Gasteiger partial charge is 0.276 e. The van der Waals surface area contributed by atoms with Crippen LogP contribution in [0.5, 0.6) is 0 Å². The fourth-order valence-corrected chi connectivity index (χ4v) is 5.08. The Balaban J connectivity index is 1.45. The first-order chi connectivity index (χ1) is 14.7. The Labute approximate surface area is 180 Å². The van der Waals surface area contributed by atoms with Gasteiger partial charge in [-0.1, -0.05) is 35.2 Å². The Morgan fingerprint density at radius 2 is 1.97 bits per heavy atom. The molecule has 6 nitrogen and oxygen atoms in total. The average Bonchev–Trinajstić information content (AvgIpc) is 3.48. The van der Waals surface area contributed by atoms with Gasteiger partial charge in [0.15, 0.2) is 10.0 Å². The Bertz CT molecular complexity index is 1200. The number of carbonyl (C=O) groups excluding carboxylic acids is 1. The Morgan fingerprint density at radius 1 is 1.13 bits per heavy atom. The number of fused-ring (bicyclic) bond motifs is 1. The van der Waals surface area contributed by atoms with Crippen LogP contribution in [0, 0.1) is 5.82 Å². The van der Waals surface area contributed by atoms with Gasteiger partial charge in [-0.2, -0.15) is 5.10 Å². The molecule has 30 heavy (non-hydrogen) atoms. The zero-order chi connectivity index (χ0) is 20.5. The third-order valence-electron chi connectivity index (χ3n) is 4.89. The second-order valence-corrected chi connectivity index (χ2v) is 8.89. The van der Waals surface area contributed by atoms with E-state index in [1.165, 1.54) is 35.2 Å². The molecule has 9 heteroatoms. The highest BCUT2D eigenvalue weighted by Gasteiger charge is 2.27. The number of hydrogen-bond acceptors (Lipinski definition) is 6. The first kappa shape index (κ1) is 19.0. The zero-order valence-electron chi connectivity index (χ0n) is 15.7. The molecule has 0 spiro atoms. The molecule has 1 amide bonds. The molecule has 2 aromatic heterocycles. The Kier molecular flexibility index (Phi) is 5.06. The van der Waals surface area contributed by atoms with Gasteiger partial charge in [0.1, 0.15) is 11.3 Å². The molecule has 4 aromatic rings. The SMILES string of the molecule is O=C(Nc1ccccc1Sc1nncs1)c1nn(-c2ccc(F)cc2)c2c1CCC2. The number of aromatic nitrogens is 4. The van der Waals surface area contributed by atoms with Crippen LogP contribution in [0.4, 0.5) is 10.1 Å². The van der Waals surface area contributed by atoms with Gasteiger partial charge in [-0.05, 0) is 55.7 Å². The summed E-state index contributed by atoms with van der Waals surface area (Å²) in [5.74, 6) is -0.551. The lowest BCUT2D eigenvalue weighted by atomic mass is 10.2. The number of nitrogens with zero attached hydrogens (tertiary/aromatic N) is 4. The monoisotopic (exact) mass is 437 g/mol. The van der Waals surface area contributed by atoms with Crippen LogP contribution in [-0.4, -0.2) is 25.9 Å². The summed E-state index contributed by atoms with van der Waals surface area (Å²) in [7, 11) is 0. The number of amides is 1. The van der Waals surface area contributed by atoms with Gasteiger partial charge in [-0.15, -0.1) is 10.2 Å². The van der Waals surface area contributed by atoms with Gasteiger partial charge in [0.25, 0.3) is 5.91 Å². The van der Waals surface area contributed by atoms with E-state index in [2.05, 4.69) is 20.6 Å². The fraction of sp³-hybridized carbons (Fsp3) is 0.143. The van der Waals surface area contributed by atoms with Crippen molar-refractivity contribution >= 4 is 34.7 Å². The molecule has 0 fully saturated rings. The second-order valence-electron chi connectivity index (χ2n) is 6.77. The van der Waals surface area contributed by atoms with E-state index < -0.39 is 0 Å². The van der Waals surface area contributed by atoms with Crippen LogP contribution in [0.1, 0.15) is 28.2 Å². The van der Waals surface area contributed by atoms with E-state index in [1.807, 2.05) is 24.3 Å². The maximum absolute atomic E-state index is 13.3. The number of anilines is 1. The first-order valence-corrected chi connectivity index (χ1v) is 11.1. The van der Waals surface area contributed by atoms with Gasteiger partial charge in [0.2, 0.25) is 0 Å². The highest BCUT2D eigenvalue weighted by Crippen LogP contribution is 2.35. The van der Waals surface area contributed by atoms with Gasteiger partial charge in [0.05, 0.1) is 11.4 Å². The van der Waals surface area contributed by atoms with E-state index >= 15 is 0 Å². The molecule has 150 valence electrons. The van der Waals surface area contributed by atoms with E-state index in [-0.39, 0.29) is 11.7 Å². The predicted molar refractivity (Wildman–Crippen MR) is 114 cm³/mol. The lowest BCUT2D eigenvalue weighted by molar-refractivity contribution is 0.102. The van der Waals surface area contributed by atoms with Crippen LogP contribution < -0.4 is 5.32 Å². The fourth-order valence-electron chi connectivity index (χ4n) is 3.56. The molecule has 5 rings (SSSR count). The minimum Gasteiger partial charge on any atom is -0.320 e. The standard InChI is InChI=1S/C21H16FN5OS2/c22-13-8-10-14(11-9-13)27-17-6-3-4-15(17)19(26-27)20(28)24-16-5-1-2-7-18(16)30-21-25-23-12-29-21/h1-2,5,7-12H,3-4,6H2,(H,24,28). The Hall–Kier alpha value is -3.04. The summed E-state index contributed by atoms with van der Waals surface area (Å²) in [5, 5.41) is 15.5. The number of rotatable bonds is 5. The predicted octanol–water partition coefficient (Wildman–Crippen LogP) is 4.76. The molecule has 0 aliphatic heterocycles. The number of carbonyl (C=O) groups is 1. The number of halogens is 1. The maximum Gasteiger partial charge on any atom is 0.276 e. The number of nitrogens with one attached hydrogen (secondary N) is 1. The molecular formula is C21H16FN5OS2. The van der Waals surface area contributed by atoms with E-state index in [1.54, 1.807) is 22.3 Å². The van der Waals surface area contributed by atoms with Crippen LogP contribution in [0.3, 0.4) is 0 Å². The molecule has 1 aliphatic rings. The van der Waals surface area contributed by atoms with Gasteiger partial charge < -0.3 is 5.32 Å². The largest absolute Gasteiger partial charge is 0.320 e. The quantitative estimate of drug-likeness (QED) is 0.488. The molecule has 2 heterocycles.